The molecule has 2 fully saturated rings. The molecule has 4 N–H and O–H groups in total. The molecule has 17 nitrogen and oxygen atoms in total. The first-order valence-electron chi connectivity index (χ1n) is 24.0. The summed E-state index contributed by atoms with van der Waals surface area (Å²) in [5, 5.41) is 20.3. The smallest absolute Gasteiger partial charge is 0.355 e. The lowest BCUT2D eigenvalue weighted by Gasteiger charge is -2.40. The number of nitrogens with one attached hydrogen (secondary N) is 3. The number of methoxy groups -OCH3 is 1. The van der Waals surface area contributed by atoms with Gasteiger partial charge in [0.05, 0.1) is 68.8 Å². The van der Waals surface area contributed by atoms with Crippen molar-refractivity contribution >= 4 is 40.4 Å². The number of carbonyl (C=O) groups excluding carboxylic acids is 4. The summed E-state index contributed by atoms with van der Waals surface area (Å²) in [5.41, 5.74) is 5.50. The number of esters is 1. The maximum atomic E-state index is 14.6. The first kappa shape index (κ1) is 50.4. The Bertz CT molecular complexity index is 2480. The molecule has 1 unspecified atom stereocenters. The molecule has 7 rings (SSSR count). The van der Waals surface area contributed by atoms with Gasteiger partial charge in [0.25, 0.3) is 5.91 Å². The molecule has 2 saturated heterocycles. The van der Waals surface area contributed by atoms with E-state index in [1.807, 2.05) is 74.7 Å². The highest BCUT2D eigenvalue weighted by Gasteiger charge is 2.46. The lowest BCUT2D eigenvalue weighted by atomic mass is 9.84. The number of pyridine rings is 1. The summed E-state index contributed by atoms with van der Waals surface area (Å²) in [6.07, 6.45) is 3.05. The quantitative estimate of drug-likeness (QED) is 0.121. The van der Waals surface area contributed by atoms with E-state index in [4.69, 9.17) is 23.9 Å². The van der Waals surface area contributed by atoms with Crippen LogP contribution in [0.2, 0.25) is 0 Å². The zero-order valence-electron chi connectivity index (χ0n) is 41.6. The summed E-state index contributed by atoms with van der Waals surface area (Å²) in [6, 6.07) is 12.3. The third-order valence-corrected chi connectivity index (χ3v) is 14.0. The summed E-state index contributed by atoms with van der Waals surface area (Å²) >= 11 is 0. The summed E-state index contributed by atoms with van der Waals surface area (Å²) in [6.45, 7) is 17.6. The highest BCUT2D eigenvalue weighted by Crippen LogP contribution is 2.42. The zero-order valence-corrected chi connectivity index (χ0v) is 41.6. The van der Waals surface area contributed by atoms with Crippen LogP contribution in [0.25, 0.3) is 27.9 Å². The molecule has 17 heteroatoms. The minimum atomic E-state index is -2.21. The Morgan fingerprint density at radius 3 is 2.56 bits per heavy atom. The van der Waals surface area contributed by atoms with Crippen LogP contribution in [0.5, 0.6) is 0 Å². The van der Waals surface area contributed by atoms with Crippen LogP contribution in [0.15, 0.2) is 42.7 Å². The van der Waals surface area contributed by atoms with E-state index in [2.05, 4.69) is 57.7 Å². The summed E-state index contributed by atoms with van der Waals surface area (Å²) in [4.78, 5) is 62.0. The van der Waals surface area contributed by atoms with Gasteiger partial charge in [0.15, 0.2) is 6.23 Å². The monoisotopic (exact) mass is 940 g/mol. The molecule has 1 aromatic carbocycles. The first-order chi connectivity index (χ1) is 32.1. The van der Waals surface area contributed by atoms with E-state index in [1.165, 1.54) is 5.01 Å². The Balaban J connectivity index is 1.16. The molecule has 2 aromatic heterocycles. The molecule has 0 aliphatic carbocycles. The van der Waals surface area contributed by atoms with Gasteiger partial charge in [-0.15, -0.1) is 0 Å². The SMILES string of the molecule is CCn1c(-c2cccnc2[C@H](C)OC)c2c3cc(ccc31)C1=CNC(C[C@H](NC(=O)[C@@H](COC3CN(C(=O)C#C[N+](C)(C)C(C)C)C3)C(C)C)C(=O)N3CCC[C@@](O)(N3)C(=O)OCC(C)(C)C2)O1. The van der Waals surface area contributed by atoms with Crippen molar-refractivity contribution in [1.82, 2.24) is 35.5 Å². The molecule has 3 aromatic rings. The lowest BCUT2D eigenvalue weighted by Crippen LogP contribution is -2.67. The van der Waals surface area contributed by atoms with Crippen molar-refractivity contribution in [2.24, 2.45) is 17.3 Å². The number of aromatic nitrogens is 2. The van der Waals surface area contributed by atoms with Gasteiger partial charge in [-0.1, -0.05) is 27.7 Å². The van der Waals surface area contributed by atoms with E-state index in [-0.39, 0.29) is 69.1 Å². The maximum Gasteiger partial charge on any atom is 0.355 e. The summed E-state index contributed by atoms with van der Waals surface area (Å²) in [5.74, 6) is 0.370. The molecule has 6 heterocycles. The van der Waals surface area contributed by atoms with Crippen molar-refractivity contribution in [3.8, 4) is 23.2 Å². The van der Waals surface area contributed by atoms with E-state index < -0.39 is 47.1 Å². The van der Waals surface area contributed by atoms with Gasteiger partial charge in [-0.3, -0.25) is 24.4 Å². The lowest BCUT2D eigenvalue weighted by molar-refractivity contribution is -0.845. The number of aryl methyl sites for hydroxylation is 1. The van der Waals surface area contributed by atoms with E-state index >= 15 is 0 Å². The van der Waals surface area contributed by atoms with Gasteiger partial charge >= 0.3 is 11.9 Å². The highest BCUT2D eigenvalue weighted by atomic mass is 16.6. The Hall–Kier alpha value is -5.51. The molecule has 0 saturated carbocycles. The number of likely N-dealkylation sites (tertiary alicyclic amines) is 1. The number of amides is 3. The number of ether oxygens (including phenoxy) is 4. The number of nitrogens with zero attached hydrogens (tertiary/aromatic N) is 5. The molecule has 5 atom stereocenters. The van der Waals surface area contributed by atoms with Crippen LogP contribution in [0, 0.1) is 29.2 Å². The number of carbonyl (C=O) groups is 4. The molecule has 4 aliphatic heterocycles. The number of quaternary nitrogens is 1. The van der Waals surface area contributed by atoms with Crippen LogP contribution in [0.1, 0.15) is 97.6 Å². The molecule has 0 spiro atoms. The second-order valence-corrected chi connectivity index (χ2v) is 20.6. The fraction of sp³-hybridized carbons (Fsp3) is 0.588. The molecule has 6 bridgehead atoms. The van der Waals surface area contributed by atoms with Crippen molar-refractivity contribution in [3.63, 3.8) is 0 Å². The Morgan fingerprint density at radius 1 is 1.12 bits per heavy atom. The van der Waals surface area contributed by atoms with Gasteiger partial charge < -0.3 is 44.2 Å². The van der Waals surface area contributed by atoms with Crippen molar-refractivity contribution in [2.45, 2.75) is 124 Å². The number of hydrogen-bond donors (Lipinski definition) is 4. The van der Waals surface area contributed by atoms with Crippen LogP contribution in [0.3, 0.4) is 0 Å². The van der Waals surface area contributed by atoms with E-state index in [1.54, 1.807) is 24.4 Å². The Morgan fingerprint density at radius 2 is 1.87 bits per heavy atom. The largest absolute Gasteiger partial charge is 0.469 e. The first-order valence-corrected chi connectivity index (χ1v) is 24.0. The van der Waals surface area contributed by atoms with Crippen molar-refractivity contribution < 1.29 is 47.7 Å². The molecule has 4 aliphatic rings. The third kappa shape index (κ3) is 10.7. The number of aliphatic hydroxyl groups is 1. The third-order valence-electron chi connectivity index (χ3n) is 14.0. The van der Waals surface area contributed by atoms with E-state index in [9.17, 15) is 24.3 Å². The topological polar surface area (TPSA) is 186 Å². The maximum absolute atomic E-state index is 14.6. The van der Waals surface area contributed by atoms with Crippen molar-refractivity contribution in [2.75, 3.05) is 54.1 Å². The van der Waals surface area contributed by atoms with Gasteiger partial charge in [-0.05, 0) is 82.3 Å². The predicted octanol–water partition coefficient (Wildman–Crippen LogP) is 4.44. The van der Waals surface area contributed by atoms with Gasteiger partial charge in [0.2, 0.25) is 11.6 Å². The minimum absolute atomic E-state index is 0.00384. The number of hydrazine groups is 1. The van der Waals surface area contributed by atoms with Crippen LogP contribution < -0.4 is 16.1 Å². The van der Waals surface area contributed by atoms with Gasteiger partial charge in [-0.25, -0.2) is 9.28 Å². The predicted molar refractivity (Wildman–Crippen MR) is 256 cm³/mol. The van der Waals surface area contributed by atoms with Gasteiger partial charge in [0.1, 0.15) is 17.8 Å². The van der Waals surface area contributed by atoms with Crippen LogP contribution in [0.4, 0.5) is 0 Å². The standard InChI is InChI=1S/C51H70N8O9/c1-12-57-41-17-16-34-23-37(41)38(46(57)36-15-13-20-52-45(36)33(6)65-11)25-50(7,8)30-67-49(63)51(64)19-14-21-58(55-51)48(62)40(24-43-53-26-42(34)68-43)54-47(61)39(31(2)3)29-66-35-27-56(28-35)44(60)18-22-59(9,10)32(4)5/h13,15-17,20,23,26,31-33,35,39-40,43,53,55,64H,12,14,19,21,24-25,27-30H2,1-11H3/p+1/t33-,39-,40-,43?,51-/m0/s1. The fourth-order valence-electron chi connectivity index (χ4n) is 8.98. The molecular weight excluding hydrogens is 869 g/mol. The van der Waals surface area contributed by atoms with Crippen molar-refractivity contribution in [1.29, 1.82) is 0 Å². The second kappa shape index (κ2) is 20.2. The van der Waals surface area contributed by atoms with E-state index in [0.29, 0.717) is 36.3 Å². The number of cyclic esters (lactones) is 1. The average Bonchev–Trinajstić information content (AvgIpc) is 3.88. The van der Waals surface area contributed by atoms with E-state index in [0.717, 1.165) is 39.0 Å². The summed E-state index contributed by atoms with van der Waals surface area (Å²) in [7, 11) is 5.57. The normalized spacial score (nSPS) is 23.1. The minimum Gasteiger partial charge on any atom is -0.469 e. The van der Waals surface area contributed by atoms with Crippen LogP contribution in [-0.2, 0) is 51.1 Å². The summed E-state index contributed by atoms with van der Waals surface area (Å²) < 4.78 is 27.2. The second-order valence-electron chi connectivity index (χ2n) is 20.6. The van der Waals surface area contributed by atoms with Crippen LogP contribution >= 0.6 is 0 Å². The number of rotatable bonds is 11. The number of hydrogen-bond acceptors (Lipinski definition) is 12. The number of fused-ring (bicyclic) bond motifs is 6. The Kier molecular flexibility index (Phi) is 15.0. The zero-order chi connectivity index (χ0) is 49.3. The molecule has 368 valence electrons. The molecule has 3 amide bonds. The average molecular weight is 940 g/mol. The Labute approximate surface area is 400 Å². The van der Waals surface area contributed by atoms with Crippen LogP contribution in [-0.4, -0.2) is 137 Å². The highest BCUT2D eigenvalue weighted by molar-refractivity contribution is 5.95. The molecule has 0 radical (unpaired) electrons. The molecule has 68 heavy (non-hydrogen) atoms. The van der Waals surface area contributed by atoms with Gasteiger partial charge in [-0.2, -0.15) is 5.43 Å². The van der Waals surface area contributed by atoms with Crippen molar-refractivity contribution in [3.05, 3.63) is 59.5 Å². The van der Waals surface area contributed by atoms with Gasteiger partial charge in [0, 0.05) is 86.0 Å². The molecular formula is C51H71N8O9+. The fourth-order valence-corrected chi connectivity index (χ4v) is 8.98. The number of benzene rings is 1.